The van der Waals surface area contributed by atoms with Crippen molar-refractivity contribution in [2.45, 2.75) is 70.8 Å². The third-order valence-corrected chi connectivity index (χ3v) is 5.40. The van der Waals surface area contributed by atoms with Crippen molar-refractivity contribution in [3.8, 4) is 0 Å². The molecule has 0 amide bonds. The van der Waals surface area contributed by atoms with Crippen LogP contribution in [0.15, 0.2) is 12.2 Å². The Balaban J connectivity index is 1.76. The van der Waals surface area contributed by atoms with Gasteiger partial charge in [0, 0.05) is 12.3 Å². The Hall–Kier alpha value is -0.830. The third kappa shape index (κ3) is 4.57. The van der Waals surface area contributed by atoms with E-state index in [0.29, 0.717) is 24.2 Å². The number of hydrogen-bond donors (Lipinski definition) is 2. The van der Waals surface area contributed by atoms with E-state index in [1.165, 1.54) is 25.7 Å². The van der Waals surface area contributed by atoms with Gasteiger partial charge in [-0.1, -0.05) is 38.3 Å². The number of aliphatic hydroxyl groups is 1. The van der Waals surface area contributed by atoms with Crippen molar-refractivity contribution in [3.63, 3.8) is 0 Å². The normalized spacial score (nSPS) is 35.4. The molecule has 2 rings (SSSR count). The van der Waals surface area contributed by atoms with Crippen molar-refractivity contribution in [3.05, 3.63) is 12.2 Å². The first-order valence-electron chi connectivity index (χ1n) is 8.68. The first-order chi connectivity index (χ1) is 10.1. The van der Waals surface area contributed by atoms with Gasteiger partial charge < -0.3 is 10.2 Å². The Bertz CT molecular complexity index is 363. The number of carboxylic acids is 1. The molecule has 0 aliphatic heterocycles. The molecule has 5 atom stereocenters. The van der Waals surface area contributed by atoms with Gasteiger partial charge in [-0.15, -0.1) is 0 Å². The van der Waals surface area contributed by atoms with Crippen LogP contribution in [-0.2, 0) is 4.79 Å². The second-order valence-electron chi connectivity index (χ2n) is 7.00. The summed E-state index contributed by atoms with van der Waals surface area (Å²) in [5, 5.41) is 18.9. The van der Waals surface area contributed by atoms with Gasteiger partial charge in [-0.25, -0.2) is 0 Å². The van der Waals surface area contributed by atoms with Gasteiger partial charge >= 0.3 is 5.97 Å². The summed E-state index contributed by atoms with van der Waals surface area (Å²) in [7, 11) is 0. The summed E-state index contributed by atoms with van der Waals surface area (Å²) < 4.78 is 0. The molecule has 0 aromatic rings. The maximum absolute atomic E-state index is 10.5. The van der Waals surface area contributed by atoms with Crippen LogP contribution in [0.2, 0.25) is 0 Å². The fourth-order valence-corrected chi connectivity index (χ4v) is 4.41. The predicted molar refractivity (Wildman–Crippen MR) is 84.0 cm³/mol. The van der Waals surface area contributed by atoms with Crippen LogP contribution in [0, 0.1) is 23.7 Å². The van der Waals surface area contributed by atoms with Gasteiger partial charge in [-0.05, 0) is 49.9 Å². The molecule has 3 nitrogen and oxygen atoms in total. The monoisotopic (exact) mass is 294 g/mol. The Kier molecular flexibility index (Phi) is 6.28. The number of hydrogen-bond acceptors (Lipinski definition) is 2. The molecule has 120 valence electrons. The zero-order valence-electron chi connectivity index (χ0n) is 13.2. The topological polar surface area (TPSA) is 57.5 Å². The highest BCUT2D eigenvalue weighted by Crippen LogP contribution is 2.51. The molecular weight excluding hydrogens is 264 g/mol. The van der Waals surface area contributed by atoms with E-state index in [0.717, 1.165) is 31.6 Å². The number of fused-ring (bicyclic) bond motifs is 1. The molecule has 2 aliphatic rings. The molecule has 2 fully saturated rings. The zero-order valence-corrected chi connectivity index (χ0v) is 13.2. The highest BCUT2D eigenvalue weighted by atomic mass is 16.4. The van der Waals surface area contributed by atoms with Gasteiger partial charge in [0.2, 0.25) is 0 Å². The highest BCUT2D eigenvalue weighted by Gasteiger charge is 2.46. The lowest BCUT2D eigenvalue weighted by Gasteiger charge is -2.18. The summed E-state index contributed by atoms with van der Waals surface area (Å²) in [4.78, 5) is 10.5. The maximum atomic E-state index is 10.5. The number of aliphatic hydroxyl groups excluding tert-OH is 1. The minimum atomic E-state index is -0.678. The molecule has 0 aromatic heterocycles. The van der Waals surface area contributed by atoms with E-state index in [1.54, 1.807) is 0 Å². The van der Waals surface area contributed by atoms with Gasteiger partial charge in [0.05, 0.1) is 6.10 Å². The largest absolute Gasteiger partial charge is 0.481 e. The number of allylic oxidation sites excluding steroid dienone is 1. The van der Waals surface area contributed by atoms with Crippen molar-refractivity contribution in [1.29, 1.82) is 0 Å². The Labute approximate surface area is 128 Å². The molecule has 3 heteroatoms. The fourth-order valence-electron chi connectivity index (χ4n) is 4.41. The van der Waals surface area contributed by atoms with Crippen LogP contribution in [0.5, 0.6) is 0 Å². The van der Waals surface area contributed by atoms with Crippen molar-refractivity contribution in [1.82, 2.24) is 0 Å². The van der Waals surface area contributed by atoms with E-state index in [-0.39, 0.29) is 6.10 Å². The van der Waals surface area contributed by atoms with Gasteiger partial charge in [0.1, 0.15) is 0 Å². The number of rotatable bonds is 8. The van der Waals surface area contributed by atoms with E-state index >= 15 is 0 Å². The molecule has 21 heavy (non-hydrogen) atoms. The van der Waals surface area contributed by atoms with Crippen molar-refractivity contribution in [2.75, 3.05) is 0 Å². The Morgan fingerprint density at radius 1 is 1.24 bits per heavy atom. The molecule has 0 aromatic carbocycles. The van der Waals surface area contributed by atoms with Crippen molar-refractivity contribution < 1.29 is 15.0 Å². The van der Waals surface area contributed by atoms with Gasteiger partial charge in [0.15, 0.2) is 0 Å². The average Bonchev–Trinajstić information content (AvgIpc) is 2.93. The van der Waals surface area contributed by atoms with E-state index in [9.17, 15) is 9.90 Å². The van der Waals surface area contributed by atoms with E-state index < -0.39 is 5.97 Å². The first-order valence-corrected chi connectivity index (χ1v) is 8.68. The average molecular weight is 294 g/mol. The quantitative estimate of drug-likeness (QED) is 0.525. The Morgan fingerprint density at radius 3 is 2.76 bits per heavy atom. The van der Waals surface area contributed by atoms with Crippen LogP contribution >= 0.6 is 0 Å². The van der Waals surface area contributed by atoms with Crippen LogP contribution in [0.3, 0.4) is 0 Å². The molecule has 0 spiro atoms. The van der Waals surface area contributed by atoms with Gasteiger partial charge in [-0.3, -0.25) is 4.79 Å². The summed E-state index contributed by atoms with van der Waals surface area (Å²) >= 11 is 0. The number of aliphatic carboxylic acids is 1. The number of carbonyl (C=O) groups is 1. The van der Waals surface area contributed by atoms with E-state index in [4.69, 9.17) is 5.11 Å². The maximum Gasteiger partial charge on any atom is 0.303 e. The molecule has 0 heterocycles. The van der Waals surface area contributed by atoms with Crippen LogP contribution in [0.25, 0.3) is 0 Å². The standard InChI is InChI=1S/C18H30O3/c1-2-3-4-8-15-16-11-13(7-5-6-9-18(20)21)10-14(16)12-17(15)19/h4,8,13-17,19H,2-3,5-7,9-12H2,1H3,(H,20,21)/b8-4+/t13?,14?,15-,16?,17-/m1/s1. The van der Waals surface area contributed by atoms with Crippen molar-refractivity contribution >= 4 is 5.97 Å². The second kappa shape index (κ2) is 7.98. The fraction of sp³-hybridized carbons (Fsp3) is 0.833. The smallest absolute Gasteiger partial charge is 0.303 e. The lowest BCUT2D eigenvalue weighted by molar-refractivity contribution is -0.137. The lowest BCUT2D eigenvalue weighted by atomic mass is 9.89. The second-order valence-corrected chi connectivity index (χ2v) is 7.00. The van der Waals surface area contributed by atoms with Crippen LogP contribution in [-0.4, -0.2) is 22.3 Å². The summed E-state index contributed by atoms with van der Waals surface area (Å²) in [6, 6.07) is 0. The molecule has 0 bridgehead atoms. The van der Waals surface area contributed by atoms with Gasteiger partial charge in [-0.2, -0.15) is 0 Å². The number of unbranched alkanes of at least 4 members (excludes halogenated alkanes) is 2. The molecule has 3 unspecified atom stereocenters. The first kappa shape index (κ1) is 16.5. The minimum absolute atomic E-state index is 0.138. The molecule has 2 saturated carbocycles. The molecule has 2 N–H and O–H groups in total. The van der Waals surface area contributed by atoms with Crippen LogP contribution in [0.1, 0.15) is 64.7 Å². The van der Waals surface area contributed by atoms with Crippen LogP contribution < -0.4 is 0 Å². The SMILES string of the molecule is CCC/C=C/[C@@H]1C2CC(CCCCC(=O)O)CC2C[C@H]1O. The molecule has 0 radical (unpaired) electrons. The highest BCUT2D eigenvalue weighted by molar-refractivity contribution is 5.66. The summed E-state index contributed by atoms with van der Waals surface area (Å²) in [5.41, 5.74) is 0. The molecular formula is C18H30O3. The zero-order chi connectivity index (χ0) is 15.2. The molecule has 0 saturated heterocycles. The lowest BCUT2D eigenvalue weighted by Crippen LogP contribution is -2.17. The predicted octanol–water partition coefficient (Wildman–Crippen LogP) is 4.01. The molecule has 2 aliphatic carbocycles. The Morgan fingerprint density at radius 2 is 2.05 bits per heavy atom. The summed E-state index contributed by atoms with van der Waals surface area (Å²) in [6.45, 7) is 2.18. The van der Waals surface area contributed by atoms with Crippen LogP contribution in [0.4, 0.5) is 0 Å². The minimum Gasteiger partial charge on any atom is -0.481 e. The van der Waals surface area contributed by atoms with E-state index in [2.05, 4.69) is 19.1 Å². The number of carboxylic acid groups (broad SMARTS) is 1. The van der Waals surface area contributed by atoms with Crippen molar-refractivity contribution in [2.24, 2.45) is 23.7 Å². The van der Waals surface area contributed by atoms with E-state index in [1.807, 2.05) is 0 Å². The third-order valence-electron chi connectivity index (χ3n) is 5.40. The summed E-state index contributed by atoms with van der Waals surface area (Å²) in [6.07, 6.45) is 13.4. The summed E-state index contributed by atoms with van der Waals surface area (Å²) in [5.74, 6) is 1.80. The van der Waals surface area contributed by atoms with Gasteiger partial charge in [0.25, 0.3) is 0 Å².